The Hall–Kier alpha value is -2.00. The monoisotopic (exact) mass is 300 g/mol. The lowest BCUT2D eigenvalue weighted by atomic mass is 10.1. The number of rotatable bonds is 3. The largest absolute Gasteiger partial charge is 0.384 e. The van der Waals surface area contributed by atoms with Crippen LogP contribution in [0.2, 0.25) is 5.02 Å². The molecule has 0 saturated heterocycles. The minimum atomic E-state index is -0.132. The van der Waals surface area contributed by atoms with Crippen molar-refractivity contribution >= 4 is 23.2 Å². The van der Waals surface area contributed by atoms with Crippen LogP contribution in [0.3, 0.4) is 0 Å². The van der Waals surface area contributed by atoms with E-state index in [0.717, 1.165) is 24.2 Å². The van der Waals surface area contributed by atoms with E-state index in [1.54, 1.807) is 0 Å². The highest BCUT2D eigenvalue weighted by atomic mass is 35.5. The van der Waals surface area contributed by atoms with Gasteiger partial charge in [-0.3, -0.25) is 4.79 Å². The summed E-state index contributed by atoms with van der Waals surface area (Å²) >= 11 is 6.16. The van der Waals surface area contributed by atoms with Crippen molar-refractivity contribution in [1.82, 2.24) is 5.32 Å². The molecule has 0 bridgehead atoms. The van der Waals surface area contributed by atoms with Gasteiger partial charge in [0.05, 0.1) is 6.04 Å². The van der Waals surface area contributed by atoms with E-state index in [4.69, 9.17) is 11.6 Å². The minimum Gasteiger partial charge on any atom is -0.384 e. The van der Waals surface area contributed by atoms with Gasteiger partial charge in [0.25, 0.3) is 5.91 Å². The van der Waals surface area contributed by atoms with Gasteiger partial charge in [0, 0.05) is 22.8 Å². The zero-order chi connectivity index (χ0) is 14.8. The molecule has 2 N–H and O–H groups in total. The Morgan fingerprint density at radius 3 is 2.90 bits per heavy atom. The highest BCUT2D eigenvalue weighted by Crippen LogP contribution is 2.25. The third kappa shape index (κ3) is 2.88. The first-order valence-electron chi connectivity index (χ1n) is 7.07. The Bertz CT molecular complexity index is 684. The zero-order valence-electron chi connectivity index (χ0n) is 11.8. The minimum absolute atomic E-state index is 0.0843. The first-order valence-corrected chi connectivity index (χ1v) is 7.45. The van der Waals surface area contributed by atoms with Gasteiger partial charge in [-0.15, -0.1) is 0 Å². The lowest BCUT2D eigenvalue weighted by molar-refractivity contribution is 0.0940. The van der Waals surface area contributed by atoms with Crippen LogP contribution in [0.1, 0.15) is 34.5 Å². The molecule has 3 rings (SSSR count). The molecular weight excluding hydrogens is 284 g/mol. The summed E-state index contributed by atoms with van der Waals surface area (Å²) < 4.78 is 0. The Morgan fingerprint density at radius 1 is 1.29 bits per heavy atom. The molecule has 0 fully saturated rings. The molecule has 1 atom stereocenters. The number of hydrogen-bond donors (Lipinski definition) is 2. The van der Waals surface area contributed by atoms with Crippen LogP contribution in [0.15, 0.2) is 42.5 Å². The smallest absolute Gasteiger partial charge is 0.251 e. The maximum atomic E-state index is 12.4. The number of nitrogens with one attached hydrogen (secondary N) is 2. The SMILES string of the molecule is CC(NC(=O)c1ccc2c(c1)NCC2)c1ccccc1Cl. The van der Waals surface area contributed by atoms with Crippen LogP contribution >= 0.6 is 11.6 Å². The Balaban J connectivity index is 1.76. The van der Waals surface area contributed by atoms with Gasteiger partial charge >= 0.3 is 0 Å². The van der Waals surface area contributed by atoms with Crippen LogP contribution in [0.4, 0.5) is 5.69 Å². The van der Waals surface area contributed by atoms with E-state index in [1.807, 2.05) is 49.4 Å². The molecule has 108 valence electrons. The molecule has 4 heteroatoms. The van der Waals surface area contributed by atoms with Crippen molar-refractivity contribution in [3.8, 4) is 0 Å². The summed E-state index contributed by atoms with van der Waals surface area (Å²) in [4.78, 5) is 12.4. The van der Waals surface area contributed by atoms with E-state index < -0.39 is 0 Å². The van der Waals surface area contributed by atoms with Crippen LogP contribution in [0, 0.1) is 0 Å². The van der Waals surface area contributed by atoms with E-state index in [1.165, 1.54) is 5.56 Å². The molecule has 21 heavy (non-hydrogen) atoms. The molecule has 1 aliphatic rings. The summed E-state index contributed by atoms with van der Waals surface area (Å²) in [5, 5.41) is 6.95. The van der Waals surface area contributed by atoms with Crippen molar-refractivity contribution in [2.24, 2.45) is 0 Å². The predicted molar refractivity (Wildman–Crippen MR) is 86.0 cm³/mol. The van der Waals surface area contributed by atoms with Crippen LogP contribution in [0.25, 0.3) is 0 Å². The van der Waals surface area contributed by atoms with Gasteiger partial charge in [0.2, 0.25) is 0 Å². The number of carbonyl (C=O) groups is 1. The molecule has 1 aliphatic heterocycles. The summed E-state index contributed by atoms with van der Waals surface area (Å²) in [6.07, 6.45) is 1.02. The fourth-order valence-electron chi connectivity index (χ4n) is 2.62. The topological polar surface area (TPSA) is 41.1 Å². The molecule has 0 spiro atoms. The average molecular weight is 301 g/mol. The second-order valence-corrected chi connectivity index (χ2v) is 5.67. The lowest BCUT2D eigenvalue weighted by Gasteiger charge is -2.16. The van der Waals surface area contributed by atoms with E-state index in [-0.39, 0.29) is 11.9 Å². The van der Waals surface area contributed by atoms with Gasteiger partial charge in [-0.05, 0) is 42.7 Å². The van der Waals surface area contributed by atoms with Crippen LogP contribution < -0.4 is 10.6 Å². The van der Waals surface area contributed by atoms with Gasteiger partial charge in [-0.1, -0.05) is 35.9 Å². The van der Waals surface area contributed by atoms with Crippen molar-refractivity contribution in [3.63, 3.8) is 0 Å². The highest BCUT2D eigenvalue weighted by molar-refractivity contribution is 6.31. The Labute approximate surface area is 129 Å². The Morgan fingerprint density at radius 2 is 2.10 bits per heavy atom. The van der Waals surface area contributed by atoms with Gasteiger partial charge in [-0.2, -0.15) is 0 Å². The molecule has 0 aromatic heterocycles. The first-order chi connectivity index (χ1) is 10.1. The van der Waals surface area contributed by atoms with Crippen molar-refractivity contribution in [1.29, 1.82) is 0 Å². The van der Waals surface area contributed by atoms with Gasteiger partial charge in [0.15, 0.2) is 0 Å². The van der Waals surface area contributed by atoms with Crippen molar-refractivity contribution in [3.05, 3.63) is 64.2 Å². The predicted octanol–water partition coefficient (Wildman–Crippen LogP) is 3.80. The van der Waals surface area contributed by atoms with E-state index in [9.17, 15) is 4.79 Å². The number of carbonyl (C=O) groups excluding carboxylic acids is 1. The number of anilines is 1. The zero-order valence-corrected chi connectivity index (χ0v) is 12.6. The molecular formula is C17H17ClN2O. The van der Waals surface area contributed by atoms with Gasteiger partial charge in [-0.25, -0.2) is 0 Å². The number of benzene rings is 2. The van der Waals surface area contributed by atoms with Crippen LogP contribution in [0.5, 0.6) is 0 Å². The fraction of sp³-hybridized carbons (Fsp3) is 0.235. The lowest BCUT2D eigenvalue weighted by Crippen LogP contribution is -2.26. The van der Waals surface area contributed by atoms with E-state index >= 15 is 0 Å². The molecule has 3 nitrogen and oxygen atoms in total. The number of fused-ring (bicyclic) bond motifs is 1. The van der Waals surface area contributed by atoms with Crippen molar-refractivity contribution in [2.75, 3.05) is 11.9 Å². The second kappa shape index (κ2) is 5.78. The van der Waals surface area contributed by atoms with Crippen molar-refractivity contribution < 1.29 is 4.79 Å². The molecule has 1 amide bonds. The third-order valence-corrected chi connectivity index (χ3v) is 4.15. The second-order valence-electron chi connectivity index (χ2n) is 5.27. The maximum Gasteiger partial charge on any atom is 0.251 e. The molecule has 2 aromatic rings. The molecule has 0 aliphatic carbocycles. The highest BCUT2D eigenvalue weighted by Gasteiger charge is 2.16. The molecule has 0 saturated carbocycles. The molecule has 0 radical (unpaired) electrons. The number of hydrogen-bond acceptors (Lipinski definition) is 2. The maximum absolute atomic E-state index is 12.4. The summed E-state index contributed by atoms with van der Waals surface area (Å²) in [5.74, 6) is -0.0843. The van der Waals surface area contributed by atoms with E-state index in [0.29, 0.717) is 10.6 Å². The quantitative estimate of drug-likeness (QED) is 0.905. The molecule has 1 unspecified atom stereocenters. The van der Waals surface area contributed by atoms with Crippen LogP contribution in [-0.4, -0.2) is 12.5 Å². The summed E-state index contributed by atoms with van der Waals surface area (Å²) in [6, 6.07) is 13.2. The number of halogens is 1. The molecule has 1 heterocycles. The first kappa shape index (κ1) is 14.0. The summed E-state index contributed by atoms with van der Waals surface area (Å²) in [7, 11) is 0. The normalized spacial score (nSPS) is 14.2. The summed E-state index contributed by atoms with van der Waals surface area (Å²) in [5.41, 5.74) is 3.92. The van der Waals surface area contributed by atoms with Gasteiger partial charge in [0.1, 0.15) is 0 Å². The number of amides is 1. The molecule has 2 aromatic carbocycles. The third-order valence-electron chi connectivity index (χ3n) is 3.80. The standard InChI is InChI=1S/C17H17ClN2O/c1-11(14-4-2-3-5-15(14)18)20-17(21)13-7-6-12-8-9-19-16(12)10-13/h2-7,10-11,19H,8-9H2,1H3,(H,20,21). The Kier molecular flexibility index (Phi) is 3.84. The van der Waals surface area contributed by atoms with Crippen LogP contribution in [-0.2, 0) is 6.42 Å². The van der Waals surface area contributed by atoms with Crippen molar-refractivity contribution in [2.45, 2.75) is 19.4 Å². The average Bonchev–Trinajstić information content (AvgIpc) is 2.94. The van der Waals surface area contributed by atoms with E-state index in [2.05, 4.69) is 10.6 Å². The van der Waals surface area contributed by atoms with Gasteiger partial charge < -0.3 is 10.6 Å². The fourth-order valence-corrected chi connectivity index (χ4v) is 2.92. The summed E-state index contributed by atoms with van der Waals surface area (Å²) in [6.45, 7) is 2.88.